The molecule has 1 N–H and O–H groups in total. The lowest BCUT2D eigenvalue weighted by atomic mass is 9.80. The minimum Gasteiger partial charge on any atom is -0.353 e. The standard InChI is InChI=1S/C26H30N4O2/c1-19-27-25(32-29-19)26-15-23(28-24(31)13-12-20-8-4-2-5-9-20)14-22(26)17-30(18-26)16-21-10-6-3-7-11-21/h2-11,22-23H,12-18H2,1H3,(H,28,31). The van der Waals surface area contributed by atoms with E-state index in [-0.39, 0.29) is 17.4 Å². The predicted molar refractivity (Wildman–Crippen MR) is 122 cm³/mol. The van der Waals surface area contributed by atoms with Gasteiger partial charge in [-0.3, -0.25) is 9.69 Å². The summed E-state index contributed by atoms with van der Waals surface area (Å²) in [7, 11) is 0. The summed E-state index contributed by atoms with van der Waals surface area (Å²) in [5, 5.41) is 7.38. The molecule has 1 aromatic heterocycles. The highest BCUT2D eigenvalue weighted by atomic mass is 16.5. The fraction of sp³-hybridized carbons (Fsp3) is 0.423. The molecular weight excluding hydrogens is 400 g/mol. The van der Waals surface area contributed by atoms with Gasteiger partial charge < -0.3 is 9.84 Å². The maximum absolute atomic E-state index is 12.7. The van der Waals surface area contributed by atoms with E-state index < -0.39 is 0 Å². The van der Waals surface area contributed by atoms with Crippen LogP contribution in [0.1, 0.15) is 42.1 Å². The first kappa shape index (κ1) is 20.9. The number of likely N-dealkylation sites (tertiary alicyclic amines) is 1. The molecule has 0 spiro atoms. The Morgan fingerprint density at radius 3 is 2.53 bits per heavy atom. The number of aromatic nitrogens is 2. The average Bonchev–Trinajstić information content (AvgIpc) is 3.46. The summed E-state index contributed by atoms with van der Waals surface area (Å²) in [5.74, 6) is 1.92. The van der Waals surface area contributed by atoms with Crippen LogP contribution in [0.2, 0.25) is 0 Å². The molecule has 0 bridgehead atoms. The zero-order valence-corrected chi connectivity index (χ0v) is 18.5. The van der Waals surface area contributed by atoms with Gasteiger partial charge in [0.1, 0.15) is 0 Å². The molecule has 5 rings (SSSR count). The maximum Gasteiger partial charge on any atom is 0.234 e. The topological polar surface area (TPSA) is 71.3 Å². The third-order valence-corrected chi connectivity index (χ3v) is 7.00. The van der Waals surface area contributed by atoms with E-state index in [2.05, 4.69) is 62.8 Å². The smallest absolute Gasteiger partial charge is 0.234 e. The normalized spacial score (nSPS) is 25.0. The molecule has 1 saturated heterocycles. The monoisotopic (exact) mass is 430 g/mol. The maximum atomic E-state index is 12.7. The first-order valence-corrected chi connectivity index (χ1v) is 11.5. The van der Waals surface area contributed by atoms with Gasteiger partial charge in [0.25, 0.3) is 0 Å². The summed E-state index contributed by atoms with van der Waals surface area (Å²) >= 11 is 0. The van der Waals surface area contributed by atoms with Crippen molar-refractivity contribution in [1.29, 1.82) is 0 Å². The van der Waals surface area contributed by atoms with E-state index in [1.165, 1.54) is 11.1 Å². The minimum atomic E-state index is -0.187. The van der Waals surface area contributed by atoms with Crippen molar-refractivity contribution in [2.75, 3.05) is 13.1 Å². The quantitative estimate of drug-likeness (QED) is 0.619. The van der Waals surface area contributed by atoms with Gasteiger partial charge in [-0.25, -0.2) is 0 Å². The molecular formula is C26H30N4O2. The van der Waals surface area contributed by atoms with Crippen LogP contribution in [0.3, 0.4) is 0 Å². The second-order valence-corrected chi connectivity index (χ2v) is 9.34. The SMILES string of the molecule is Cc1noc(C23CC(NC(=O)CCc4ccccc4)CC2CN(Cc2ccccc2)C3)n1. The lowest BCUT2D eigenvalue weighted by Crippen LogP contribution is -2.38. The summed E-state index contributed by atoms with van der Waals surface area (Å²) < 4.78 is 5.71. The molecule has 2 aliphatic rings. The van der Waals surface area contributed by atoms with Gasteiger partial charge in [0.05, 0.1) is 5.41 Å². The predicted octanol–water partition coefficient (Wildman–Crippen LogP) is 3.66. The summed E-state index contributed by atoms with van der Waals surface area (Å²) in [4.78, 5) is 19.8. The van der Waals surface area contributed by atoms with Crippen LogP contribution in [-0.4, -0.2) is 40.1 Å². The second kappa shape index (κ2) is 8.87. The molecule has 1 saturated carbocycles. The second-order valence-electron chi connectivity index (χ2n) is 9.34. The molecule has 6 heteroatoms. The van der Waals surface area contributed by atoms with Crippen LogP contribution in [0.4, 0.5) is 0 Å². The number of benzene rings is 2. The van der Waals surface area contributed by atoms with Gasteiger partial charge in [0.15, 0.2) is 5.82 Å². The number of nitrogens with one attached hydrogen (secondary N) is 1. The molecule has 3 unspecified atom stereocenters. The van der Waals surface area contributed by atoms with E-state index in [1.54, 1.807) is 0 Å². The van der Waals surface area contributed by atoms with Crippen LogP contribution in [0.15, 0.2) is 65.2 Å². The minimum absolute atomic E-state index is 0.122. The Balaban J connectivity index is 1.26. The van der Waals surface area contributed by atoms with Crippen LogP contribution in [0.5, 0.6) is 0 Å². The Kier molecular flexibility index (Phi) is 5.79. The van der Waals surface area contributed by atoms with Gasteiger partial charge in [-0.15, -0.1) is 0 Å². The summed E-state index contributed by atoms with van der Waals surface area (Å²) in [5.41, 5.74) is 2.32. The molecule has 3 aromatic rings. The van der Waals surface area contributed by atoms with Crippen LogP contribution < -0.4 is 5.32 Å². The number of rotatable bonds is 7. The number of hydrogen-bond acceptors (Lipinski definition) is 5. The van der Waals surface area contributed by atoms with E-state index in [0.717, 1.165) is 44.8 Å². The van der Waals surface area contributed by atoms with Crippen molar-refractivity contribution in [3.05, 3.63) is 83.5 Å². The van der Waals surface area contributed by atoms with Crippen molar-refractivity contribution in [1.82, 2.24) is 20.4 Å². The molecule has 32 heavy (non-hydrogen) atoms. The molecule has 6 nitrogen and oxygen atoms in total. The Morgan fingerprint density at radius 1 is 1.12 bits per heavy atom. The van der Waals surface area contributed by atoms with Crippen molar-refractivity contribution >= 4 is 5.91 Å². The summed E-state index contributed by atoms with van der Waals surface area (Å²) in [6, 6.07) is 20.9. The van der Waals surface area contributed by atoms with Crippen molar-refractivity contribution < 1.29 is 9.32 Å². The molecule has 2 fully saturated rings. The van der Waals surface area contributed by atoms with E-state index in [9.17, 15) is 4.79 Å². The molecule has 2 heterocycles. The summed E-state index contributed by atoms with van der Waals surface area (Å²) in [6.07, 6.45) is 3.07. The number of aryl methyl sites for hydroxylation is 2. The van der Waals surface area contributed by atoms with Crippen molar-refractivity contribution in [2.24, 2.45) is 5.92 Å². The van der Waals surface area contributed by atoms with Crippen molar-refractivity contribution in [3.63, 3.8) is 0 Å². The van der Waals surface area contributed by atoms with Gasteiger partial charge in [0.2, 0.25) is 11.8 Å². The lowest BCUT2D eigenvalue weighted by Gasteiger charge is -2.25. The van der Waals surface area contributed by atoms with Gasteiger partial charge in [-0.2, -0.15) is 4.98 Å². The molecule has 0 radical (unpaired) electrons. The highest BCUT2D eigenvalue weighted by Crippen LogP contribution is 2.50. The van der Waals surface area contributed by atoms with Crippen LogP contribution >= 0.6 is 0 Å². The van der Waals surface area contributed by atoms with Gasteiger partial charge >= 0.3 is 0 Å². The number of amides is 1. The molecule has 3 atom stereocenters. The molecule has 1 aliphatic carbocycles. The summed E-state index contributed by atoms with van der Waals surface area (Å²) in [6.45, 7) is 4.64. The van der Waals surface area contributed by atoms with Crippen LogP contribution in [-0.2, 0) is 23.2 Å². The Morgan fingerprint density at radius 2 is 1.84 bits per heavy atom. The third kappa shape index (κ3) is 4.32. The zero-order chi connectivity index (χ0) is 22.0. The fourth-order valence-corrected chi connectivity index (χ4v) is 5.58. The lowest BCUT2D eigenvalue weighted by molar-refractivity contribution is -0.121. The van der Waals surface area contributed by atoms with E-state index in [0.29, 0.717) is 18.2 Å². The Hall–Kier alpha value is -2.99. The van der Waals surface area contributed by atoms with Crippen LogP contribution in [0.25, 0.3) is 0 Å². The Labute approximate surface area is 189 Å². The molecule has 2 aromatic carbocycles. The highest BCUT2D eigenvalue weighted by molar-refractivity contribution is 5.76. The molecule has 1 amide bonds. The van der Waals surface area contributed by atoms with Gasteiger partial charge in [-0.05, 0) is 43.2 Å². The Bertz CT molecular complexity index is 1050. The van der Waals surface area contributed by atoms with Crippen molar-refractivity contribution in [2.45, 2.75) is 50.6 Å². The largest absolute Gasteiger partial charge is 0.353 e. The first-order chi connectivity index (χ1) is 15.6. The van der Waals surface area contributed by atoms with E-state index in [1.807, 2.05) is 25.1 Å². The van der Waals surface area contributed by atoms with Crippen LogP contribution in [0, 0.1) is 12.8 Å². The van der Waals surface area contributed by atoms with E-state index >= 15 is 0 Å². The number of carbonyl (C=O) groups excluding carboxylic acids is 1. The number of nitrogens with zero attached hydrogens (tertiary/aromatic N) is 3. The molecule has 166 valence electrons. The molecule has 1 aliphatic heterocycles. The number of fused-ring (bicyclic) bond motifs is 1. The zero-order valence-electron chi connectivity index (χ0n) is 18.5. The van der Waals surface area contributed by atoms with Crippen molar-refractivity contribution in [3.8, 4) is 0 Å². The highest BCUT2D eigenvalue weighted by Gasteiger charge is 2.57. The van der Waals surface area contributed by atoms with Gasteiger partial charge in [-0.1, -0.05) is 65.8 Å². The number of hydrogen-bond donors (Lipinski definition) is 1. The van der Waals surface area contributed by atoms with E-state index in [4.69, 9.17) is 4.52 Å². The van der Waals surface area contributed by atoms with Gasteiger partial charge in [0, 0.05) is 32.1 Å². The number of carbonyl (C=O) groups is 1. The third-order valence-electron chi connectivity index (χ3n) is 7.00. The first-order valence-electron chi connectivity index (χ1n) is 11.5. The fourth-order valence-electron chi connectivity index (χ4n) is 5.58. The average molecular weight is 431 g/mol.